The van der Waals surface area contributed by atoms with Gasteiger partial charge in [0.1, 0.15) is 5.76 Å². The minimum absolute atomic E-state index is 0.0101. The lowest BCUT2D eigenvalue weighted by Crippen LogP contribution is -2.23. The van der Waals surface area contributed by atoms with Crippen molar-refractivity contribution in [2.45, 2.75) is 11.4 Å². The summed E-state index contributed by atoms with van der Waals surface area (Å²) >= 11 is 8.96. The van der Waals surface area contributed by atoms with Gasteiger partial charge >= 0.3 is 0 Å². The van der Waals surface area contributed by atoms with Crippen molar-refractivity contribution < 1.29 is 12.8 Å². The fourth-order valence-corrected chi connectivity index (χ4v) is 3.72. The van der Waals surface area contributed by atoms with E-state index in [-0.39, 0.29) is 26.6 Å². The summed E-state index contributed by atoms with van der Waals surface area (Å²) in [4.78, 5) is -0.0101. The van der Waals surface area contributed by atoms with Gasteiger partial charge in [0.15, 0.2) is 0 Å². The molecule has 0 aliphatic carbocycles. The van der Waals surface area contributed by atoms with Gasteiger partial charge in [-0.05, 0) is 40.2 Å². The first-order chi connectivity index (χ1) is 8.90. The van der Waals surface area contributed by atoms with E-state index in [9.17, 15) is 8.42 Å². The van der Waals surface area contributed by atoms with Gasteiger partial charge in [0.2, 0.25) is 10.0 Å². The topological polar surface area (TPSA) is 85.3 Å². The molecule has 0 saturated heterocycles. The van der Waals surface area contributed by atoms with Crippen LogP contribution in [-0.4, -0.2) is 8.42 Å². The van der Waals surface area contributed by atoms with E-state index in [1.54, 1.807) is 12.1 Å². The van der Waals surface area contributed by atoms with Gasteiger partial charge in [-0.15, -0.1) is 0 Å². The number of benzene rings is 1. The van der Waals surface area contributed by atoms with Crippen LogP contribution in [0.3, 0.4) is 0 Å². The van der Waals surface area contributed by atoms with Crippen molar-refractivity contribution in [2.24, 2.45) is 0 Å². The summed E-state index contributed by atoms with van der Waals surface area (Å²) in [7, 11) is -3.73. The molecule has 0 fully saturated rings. The normalized spacial score (nSPS) is 11.7. The largest absolute Gasteiger partial charge is 0.468 e. The van der Waals surface area contributed by atoms with Gasteiger partial charge in [-0.3, -0.25) is 0 Å². The Morgan fingerprint density at radius 3 is 2.79 bits per heavy atom. The van der Waals surface area contributed by atoms with Gasteiger partial charge in [-0.2, -0.15) is 0 Å². The quantitative estimate of drug-likeness (QED) is 0.816. The summed E-state index contributed by atoms with van der Waals surface area (Å²) in [6.07, 6.45) is 1.47. The molecule has 0 atom stereocenters. The summed E-state index contributed by atoms with van der Waals surface area (Å²) in [6.45, 7) is 0.0498. The maximum absolute atomic E-state index is 12.2. The second-order valence-electron chi connectivity index (χ2n) is 3.71. The van der Waals surface area contributed by atoms with Crippen molar-refractivity contribution >= 4 is 43.2 Å². The number of sulfonamides is 1. The summed E-state index contributed by atoms with van der Waals surface area (Å²) < 4.78 is 32.1. The zero-order valence-electron chi connectivity index (χ0n) is 9.56. The van der Waals surface area contributed by atoms with Gasteiger partial charge in [0.25, 0.3) is 0 Å². The number of anilines is 1. The molecule has 2 rings (SSSR count). The van der Waals surface area contributed by atoms with Gasteiger partial charge < -0.3 is 10.2 Å². The van der Waals surface area contributed by atoms with E-state index >= 15 is 0 Å². The number of rotatable bonds is 4. The van der Waals surface area contributed by atoms with Crippen LogP contribution in [0, 0.1) is 0 Å². The number of furan rings is 1. The molecule has 0 amide bonds. The molecule has 0 unspecified atom stereocenters. The molecule has 2 aromatic rings. The van der Waals surface area contributed by atoms with E-state index in [2.05, 4.69) is 20.7 Å². The highest BCUT2D eigenvalue weighted by atomic mass is 79.9. The highest BCUT2D eigenvalue weighted by Crippen LogP contribution is 2.31. The lowest BCUT2D eigenvalue weighted by atomic mass is 10.3. The van der Waals surface area contributed by atoms with Crippen LogP contribution < -0.4 is 10.5 Å². The molecular formula is C11H10BrClN2O3S. The number of hydrogen-bond acceptors (Lipinski definition) is 4. The third-order valence-electron chi connectivity index (χ3n) is 2.34. The Labute approximate surface area is 123 Å². The van der Waals surface area contributed by atoms with Crippen LogP contribution in [0.2, 0.25) is 5.02 Å². The first-order valence-electron chi connectivity index (χ1n) is 5.17. The van der Waals surface area contributed by atoms with Crippen LogP contribution in [0.4, 0.5) is 5.69 Å². The monoisotopic (exact) mass is 364 g/mol. The number of nitrogens with two attached hydrogens (primary N) is 1. The molecule has 19 heavy (non-hydrogen) atoms. The van der Waals surface area contributed by atoms with Crippen molar-refractivity contribution in [3.05, 3.63) is 45.8 Å². The molecule has 0 radical (unpaired) electrons. The van der Waals surface area contributed by atoms with Gasteiger partial charge in [-0.25, -0.2) is 13.1 Å². The van der Waals surface area contributed by atoms with E-state index in [0.717, 1.165) is 0 Å². The van der Waals surface area contributed by atoms with E-state index in [0.29, 0.717) is 5.76 Å². The fraction of sp³-hybridized carbons (Fsp3) is 0.0909. The molecule has 8 heteroatoms. The molecule has 1 aromatic heterocycles. The van der Waals surface area contributed by atoms with E-state index in [1.165, 1.54) is 18.4 Å². The van der Waals surface area contributed by atoms with Crippen molar-refractivity contribution in [2.75, 3.05) is 5.73 Å². The molecule has 0 bridgehead atoms. The summed E-state index contributed by atoms with van der Waals surface area (Å²) in [5.41, 5.74) is 5.92. The average molecular weight is 366 g/mol. The van der Waals surface area contributed by atoms with Crippen LogP contribution in [0.15, 0.2) is 44.3 Å². The molecular weight excluding hydrogens is 356 g/mol. The zero-order chi connectivity index (χ0) is 14.0. The molecule has 0 spiro atoms. The molecule has 0 saturated carbocycles. The Balaban J connectivity index is 2.29. The smallest absolute Gasteiger partial charge is 0.242 e. The zero-order valence-corrected chi connectivity index (χ0v) is 12.7. The predicted octanol–water partition coefficient (Wildman–Crippen LogP) is 2.76. The highest BCUT2D eigenvalue weighted by molar-refractivity contribution is 9.10. The summed E-state index contributed by atoms with van der Waals surface area (Å²) in [5, 5.41) is 0.249. The molecule has 102 valence electrons. The summed E-state index contributed by atoms with van der Waals surface area (Å²) in [5.74, 6) is 0.509. The third kappa shape index (κ3) is 3.30. The van der Waals surface area contributed by atoms with Crippen molar-refractivity contribution in [1.82, 2.24) is 4.72 Å². The van der Waals surface area contributed by atoms with Gasteiger partial charge in [0, 0.05) is 10.7 Å². The van der Waals surface area contributed by atoms with Crippen LogP contribution in [0.1, 0.15) is 5.76 Å². The van der Waals surface area contributed by atoms with Crippen LogP contribution in [-0.2, 0) is 16.6 Å². The minimum atomic E-state index is -3.73. The first-order valence-corrected chi connectivity index (χ1v) is 7.82. The number of hydrogen-bond donors (Lipinski definition) is 2. The van der Waals surface area contributed by atoms with E-state index in [1.807, 2.05) is 0 Å². The predicted molar refractivity (Wildman–Crippen MR) is 76.3 cm³/mol. The number of nitrogen functional groups attached to an aromatic ring is 1. The lowest BCUT2D eigenvalue weighted by molar-refractivity contribution is 0.498. The van der Waals surface area contributed by atoms with E-state index in [4.69, 9.17) is 21.8 Å². The Kier molecular flexibility index (Phi) is 4.19. The van der Waals surface area contributed by atoms with Crippen LogP contribution in [0.25, 0.3) is 0 Å². The molecule has 0 aliphatic heterocycles. The molecule has 1 aromatic carbocycles. The Bertz CT molecular complexity index is 686. The maximum atomic E-state index is 12.2. The third-order valence-corrected chi connectivity index (χ3v) is 5.13. The lowest BCUT2D eigenvalue weighted by Gasteiger charge is -2.09. The first kappa shape index (κ1) is 14.4. The Morgan fingerprint density at radius 1 is 1.42 bits per heavy atom. The number of nitrogens with one attached hydrogen (secondary N) is 1. The average Bonchev–Trinajstić information content (AvgIpc) is 2.84. The van der Waals surface area contributed by atoms with Crippen molar-refractivity contribution in [3.63, 3.8) is 0 Å². The molecule has 0 aliphatic rings. The Morgan fingerprint density at radius 2 is 2.16 bits per heavy atom. The van der Waals surface area contributed by atoms with Crippen molar-refractivity contribution in [3.8, 4) is 0 Å². The van der Waals surface area contributed by atoms with Crippen LogP contribution >= 0.6 is 27.5 Å². The summed E-state index contributed by atoms with van der Waals surface area (Å²) in [6, 6.07) is 6.14. The molecule has 5 nitrogen and oxygen atoms in total. The van der Waals surface area contributed by atoms with E-state index < -0.39 is 10.0 Å². The van der Waals surface area contributed by atoms with Gasteiger partial charge in [-0.1, -0.05) is 11.6 Å². The fourth-order valence-electron chi connectivity index (χ4n) is 1.44. The maximum Gasteiger partial charge on any atom is 0.242 e. The second-order valence-corrected chi connectivity index (χ2v) is 6.68. The number of halogens is 2. The minimum Gasteiger partial charge on any atom is -0.468 e. The SMILES string of the molecule is Nc1cc(Cl)cc(S(=O)(=O)NCc2ccco2)c1Br. The Hall–Kier alpha value is -1.02. The second kappa shape index (κ2) is 5.54. The van der Waals surface area contributed by atoms with Crippen LogP contribution in [0.5, 0.6) is 0 Å². The molecule has 3 N–H and O–H groups in total. The highest BCUT2D eigenvalue weighted by Gasteiger charge is 2.20. The van der Waals surface area contributed by atoms with Crippen molar-refractivity contribution in [1.29, 1.82) is 0 Å². The van der Waals surface area contributed by atoms with Gasteiger partial charge in [0.05, 0.1) is 22.2 Å². The molecule has 1 heterocycles. The standard InChI is InChI=1S/C11H10BrClN2O3S/c12-11-9(14)4-7(13)5-10(11)19(16,17)15-6-8-2-1-3-18-8/h1-5,15H,6,14H2.